The molecule has 84 valence electrons. The molecule has 0 radical (unpaired) electrons. The number of hydrogen-bond donors (Lipinski definition) is 0. The molecule has 0 unspecified atom stereocenters. The molecule has 0 N–H and O–H groups in total. The van der Waals surface area contributed by atoms with Gasteiger partial charge < -0.3 is 0 Å². The molecule has 0 saturated carbocycles. The van der Waals surface area contributed by atoms with Crippen molar-refractivity contribution in [1.29, 1.82) is 0 Å². The van der Waals surface area contributed by atoms with Gasteiger partial charge in [0.1, 0.15) is 0 Å². The smallest absolute Gasteiger partial charge is 0.0626 e. The zero-order valence-electron chi connectivity index (χ0n) is 8.68. The second kappa shape index (κ2) is 4.27. The molecule has 3 rings (SSSR count). The van der Waals surface area contributed by atoms with Crippen LogP contribution in [0.4, 0.5) is 0 Å². The van der Waals surface area contributed by atoms with Crippen molar-refractivity contribution >= 4 is 65.0 Å². The molecule has 3 aromatic carbocycles. The molecular weight excluding hydrogens is 363 g/mol. The molecule has 0 aliphatic carbocycles. The molecule has 0 spiro atoms. The minimum absolute atomic E-state index is 0.768. The first-order valence-corrected chi connectivity index (χ1v) is 7.10. The minimum atomic E-state index is 0.768. The first-order chi connectivity index (χ1) is 8.18. The van der Waals surface area contributed by atoms with E-state index >= 15 is 0 Å². The van der Waals surface area contributed by atoms with Crippen LogP contribution in [0.3, 0.4) is 0 Å². The topological polar surface area (TPSA) is 0 Å². The number of benzene rings is 3. The van der Waals surface area contributed by atoms with Crippen molar-refractivity contribution in [1.82, 2.24) is 0 Å². The van der Waals surface area contributed by atoms with E-state index in [1.165, 1.54) is 16.2 Å². The van der Waals surface area contributed by atoms with Crippen molar-refractivity contribution in [2.75, 3.05) is 0 Å². The van der Waals surface area contributed by atoms with E-state index in [2.05, 4.69) is 62.2 Å². The highest BCUT2D eigenvalue weighted by molar-refractivity contribution is 9.11. The average molecular weight is 370 g/mol. The second-order valence-corrected chi connectivity index (χ2v) is 5.94. The maximum absolute atomic E-state index is 6.31. The fourth-order valence-corrected chi connectivity index (χ4v) is 3.14. The van der Waals surface area contributed by atoms with Gasteiger partial charge in [0, 0.05) is 14.3 Å². The summed E-state index contributed by atoms with van der Waals surface area (Å²) >= 11 is 13.3. The Labute approximate surface area is 121 Å². The van der Waals surface area contributed by atoms with Crippen molar-refractivity contribution in [3.05, 3.63) is 56.4 Å². The van der Waals surface area contributed by atoms with Crippen LogP contribution in [0.15, 0.2) is 51.4 Å². The Bertz CT molecular complexity index is 735. The minimum Gasteiger partial charge on any atom is -0.0824 e. The lowest BCUT2D eigenvalue weighted by molar-refractivity contribution is 1.70. The monoisotopic (exact) mass is 368 g/mol. The number of fused-ring (bicyclic) bond motifs is 3. The molecule has 17 heavy (non-hydrogen) atoms. The number of hydrogen-bond acceptors (Lipinski definition) is 0. The van der Waals surface area contributed by atoms with E-state index in [1.54, 1.807) is 0 Å². The quantitative estimate of drug-likeness (QED) is 0.415. The van der Waals surface area contributed by atoms with Crippen molar-refractivity contribution in [3.8, 4) is 0 Å². The van der Waals surface area contributed by atoms with Gasteiger partial charge in [-0.3, -0.25) is 0 Å². The van der Waals surface area contributed by atoms with Crippen LogP contribution in [0.1, 0.15) is 0 Å². The molecule has 0 saturated heterocycles. The molecule has 0 aliphatic heterocycles. The van der Waals surface area contributed by atoms with Gasteiger partial charge in [0.25, 0.3) is 0 Å². The summed E-state index contributed by atoms with van der Waals surface area (Å²) in [5.41, 5.74) is 0. The molecule has 0 atom stereocenters. The van der Waals surface area contributed by atoms with Crippen LogP contribution in [-0.2, 0) is 0 Å². The van der Waals surface area contributed by atoms with Gasteiger partial charge in [-0.25, -0.2) is 0 Å². The summed E-state index contributed by atoms with van der Waals surface area (Å²) in [5.74, 6) is 0. The van der Waals surface area contributed by atoms with Gasteiger partial charge in [-0.1, -0.05) is 57.9 Å². The Hall–Kier alpha value is -0.570. The molecule has 3 aromatic rings. The van der Waals surface area contributed by atoms with Crippen molar-refractivity contribution in [2.45, 2.75) is 0 Å². The zero-order valence-corrected chi connectivity index (χ0v) is 12.6. The van der Waals surface area contributed by atoms with Gasteiger partial charge in [0.2, 0.25) is 0 Å². The number of halogens is 3. The highest BCUT2D eigenvalue weighted by Crippen LogP contribution is 2.36. The lowest BCUT2D eigenvalue weighted by atomic mass is 10.0. The van der Waals surface area contributed by atoms with Gasteiger partial charge in [-0.05, 0) is 44.2 Å². The Balaban J connectivity index is 2.58. The van der Waals surface area contributed by atoms with Crippen LogP contribution in [0, 0.1) is 0 Å². The Morgan fingerprint density at radius 1 is 0.647 bits per heavy atom. The molecular formula is C14H7Br2Cl. The lowest BCUT2D eigenvalue weighted by Gasteiger charge is -2.07. The van der Waals surface area contributed by atoms with E-state index in [0.29, 0.717) is 0 Å². The molecule has 0 fully saturated rings. The van der Waals surface area contributed by atoms with Crippen molar-refractivity contribution in [2.24, 2.45) is 0 Å². The second-order valence-electron chi connectivity index (χ2n) is 3.86. The van der Waals surface area contributed by atoms with Gasteiger partial charge in [0.05, 0.1) is 5.02 Å². The molecule has 0 bridgehead atoms. The fourth-order valence-electron chi connectivity index (χ4n) is 2.07. The zero-order chi connectivity index (χ0) is 12.0. The molecule has 0 nitrogen and oxygen atoms in total. The average Bonchev–Trinajstić information content (AvgIpc) is 2.34. The van der Waals surface area contributed by atoms with E-state index < -0.39 is 0 Å². The third-order valence-electron chi connectivity index (χ3n) is 2.89. The predicted molar refractivity (Wildman–Crippen MR) is 81.9 cm³/mol. The van der Waals surface area contributed by atoms with E-state index in [4.69, 9.17) is 11.6 Å². The number of rotatable bonds is 0. The van der Waals surface area contributed by atoms with E-state index in [0.717, 1.165) is 19.4 Å². The molecule has 0 heterocycles. The van der Waals surface area contributed by atoms with Crippen LogP contribution < -0.4 is 0 Å². The highest BCUT2D eigenvalue weighted by Gasteiger charge is 2.07. The van der Waals surface area contributed by atoms with E-state index in [-0.39, 0.29) is 0 Å². The lowest BCUT2D eigenvalue weighted by Crippen LogP contribution is -1.80. The summed E-state index contributed by atoms with van der Waals surface area (Å²) in [6.07, 6.45) is 0. The van der Waals surface area contributed by atoms with Crippen LogP contribution in [0.5, 0.6) is 0 Å². The van der Waals surface area contributed by atoms with Gasteiger partial charge in [-0.2, -0.15) is 0 Å². The summed E-state index contributed by atoms with van der Waals surface area (Å²) in [7, 11) is 0. The van der Waals surface area contributed by atoms with Crippen LogP contribution in [0.2, 0.25) is 5.02 Å². The summed E-state index contributed by atoms with van der Waals surface area (Å²) in [6.45, 7) is 0. The van der Waals surface area contributed by atoms with Crippen molar-refractivity contribution in [3.63, 3.8) is 0 Å². The van der Waals surface area contributed by atoms with Gasteiger partial charge >= 0.3 is 0 Å². The van der Waals surface area contributed by atoms with Crippen molar-refractivity contribution < 1.29 is 0 Å². The fraction of sp³-hybridized carbons (Fsp3) is 0. The van der Waals surface area contributed by atoms with Crippen LogP contribution in [-0.4, -0.2) is 0 Å². The Kier molecular flexibility index (Phi) is 2.89. The normalized spacial score (nSPS) is 11.2. The maximum atomic E-state index is 6.31. The molecule has 0 aliphatic rings. The molecule has 3 heteroatoms. The van der Waals surface area contributed by atoms with E-state index in [9.17, 15) is 0 Å². The van der Waals surface area contributed by atoms with Crippen LogP contribution >= 0.6 is 43.5 Å². The van der Waals surface area contributed by atoms with Crippen LogP contribution in [0.25, 0.3) is 21.5 Å². The first-order valence-electron chi connectivity index (χ1n) is 5.13. The third kappa shape index (κ3) is 1.79. The van der Waals surface area contributed by atoms with Gasteiger partial charge in [-0.15, -0.1) is 0 Å². The SMILES string of the molecule is Clc1c(Br)ccc2c1ccc1c(Br)cccc12. The summed E-state index contributed by atoms with van der Waals surface area (Å²) in [5, 5.41) is 5.44. The maximum Gasteiger partial charge on any atom is 0.0626 e. The summed E-state index contributed by atoms with van der Waals surface area (Å²) in [6, 6.07) is 14.5. The Morgan fingerprint density at radius 2 is 1.29 bits per heavy atom. The van der Waals surface area contributed by atoms with E-state index in [1.807, 2.05) is 12.1 Å². The molecule has 0 amide bonds. The predicted octanol–water partition coefficient (Wildman–Crippen LogP) is 6.17. The highest BCUT2D eigenvalue weighted by atomic mass is 79.9. The largest absolute Gasteiger partial charge is 0.0824 e. The Morgan fingerprint density at radius 3 is 2.12 bits per heavy atom. The summed E-state index contributed by atoms with van der Waals surface area (Å²) < 4.78 is 2.04. The first kappa shape index (κ1) is 11.5. The molecule has 0 aromatic heterocycles. The summed E-state index contributed by atoms with van der Waals surface area (Å²) in [4.78, 5) is 0. The van der Waals surface area contributed by atoms with Gasteiger partial charge in [0.15, 0.2) is 0 Å². The third-order valence-corrected chi connectivity index (χ3v) is 4.88. The standard InChI is InChI=1S/C14H7Br2Cl/c15-12-3-1-2-8-9-6-7-13(16)14(17)11(9)5-4-10(8)12/h1-7H.